The maximum Gasteiger partial charge on any atom is 0.418 e. The highest BCUT2D eigenvalue weighted by molar-refractivity contribution is 7.90. The fourth-order valence-corrected chi connectivity index (χ4v) is 4.17. The van der Waals surface area contributed by atoms with Gasteiger partial charge in [0.15, 0.2) is 4.90 Å². The van der Waals surface area contributed by atoms with Crippen molar-refractivity contribution in [2.24, 2.45) is 0 Å². The second kappa shape index (κ2) is 9.22. The van der Waals surface area contributed by atoms with Crippen molar-refractivity contribution in [1.82, 2.24) is 4.98 Å². The number of benzene rings is 1. The number of rotatable bonds is 4. The van der Waals surface area contributed by atoms with E-state index in [9.17, 15) is 31.3 Å². The first-order valence-electron chi connectivity index (χ1n) is 9.83. The molecule has 0 spiro atoms. The molecule has 11 heteroatoms. The first kappa shape index (κ1) is 24.2. The third-order valence-corrected chi connectivity index (χ3v) is 6.21. The van der Waals surface area contributed by atoms with Crippen LogP contribution in [-0.4, -0.2) is 40.7 Å². The average Bonchev–Trinajstić information content (AvgIpc) is 2.87. The van der Waals surface area contributed by atoms with E-state index in [2.05, 4.69) is 10.3 Å². The zero-order chi connectivity index (χ0) is 23.7. The predicted octanol–water partition coefficient (Wildman–Crippen LogP) is 5.02. The van der Waals surface area contributed by atoms with E-state index in [1.165, 1.54) is 23.3 Å². The number of pyridine rings is 1. The molecule has 32 heavy (non-hydrogen) atoms. The number of aromatic nitrogens is 1. The summed E-state index contributed by atoms with van der Waals surface area (Å²) in [6, 6.07) is 6.11. The van der Waals surface area contributed by atoms with Gasteiger partial charge < -0.3 is 14.8 Å². The van der Waals surface area contributed by atoms with Crippen molar-refractivity contribution in [2.45, 2.75) is 43.2 Å². The Morgan fingerprint density at radius 2 is 1.97 bits per heavy atom. The quantitative estimate of drug-likeness (QED) is 0.498. The molecule has 1 unspecified atom stereocenters. The molecular weight excluding hydrogens is 453 g/mol. The maximum absolute atomic E-state index is 13.8. The largest absolute Gasteiger partial charge is 0.612 e. The van der Waals surface area contributed by atoms with Crippen LogP contribution in [0.3, 0.4) is 0 Å². The topological polar surface area (TPSA) is 68.3 Å². The number of anilines is 2. The predicted molar refractivity (Wildman–Crippen MR) is 112 cm³/mol. The molecular formula is C21H22F5N3O2S. The van der Waals surface area contributed by atoms with Crippen molar-refractivity contribution in [3.05, 3.63) is 47.2 Å². The van der Waals surface area contributed by atoms with Crippen LogP contribution in [0.5, 0.6) is 0 Å². The summed E-state index contributed by atoms with van der Waals surface area (Å²) >= 11 is -1.33. The SMILES string of the molecule is Cc1c(C(F)(F)F)cnc(N2CCCC(F)(F)CC2)c1C(=O)Nc1cccc([S+](C)[O-])c1. The molecule has 1 aliphatic heterocycles. The first-order chi connectivity index (χ1) is 14.9. The molecule has 3 rings (SSSR count). The highest BCUT2D eigenvalue weighted by atomic mass is 32.2. The van der Waals surface area contributed by atoms with Gasteiger partial charge in [-0.1, -0.05) is 6.07 Å². The third kappa shape index (κ3) is 5.50. The maximum atomic E-state index is 13.8. The molecule has 2 aromatic rings. The molecule has 5 nitrogen and oxygen atoms in total. The van der Waals surface area contributed by atoms with E-state index in [0.717, 1.165) is 6.92 Å². The van der Waals surface area contributed by atoms with Gasteiger partial charge in [-0.2, -0.15) is 13.2 Å². The van der Waals surface area contributed by atoms with Gasteiger partial charge in [0.2, 0.25) is 5.92 Å². The average molecular weight is 475 g/mol. The lowest BCUT2D eigenvalue weighted by atomic mass is 10.0. The van der Waals surface area contributed by atoms with Crippen LogP contribution in [0.15, 0.2) is 35.4 Å². The smallest absolute Gasteiger partial charge is 0.418 e. The lowest BCUT2D eigenvalue weighted by Gasteiger charge is -2.26. The molecule has 0 aliphatic carbocycles. The van der Waals surface area contributed by atoms with Gasteiger partial charge in [0.05, 0.1) is 11.1 Å². The number of nitrogens with one attached hydrogen (secondary N) is 1. The van der Waals surface area contributed by atoms with Crippen LogP contribution in [0.25, 0.3) is 0 Å². The van der Waals surface area contributed by atoms with Gasteiger partial charge in [0, 0.05) is 43.9 Å². The van der Waals surface area contributed by atoms with Crippen LogP contribution in [-0.2, 0) is 17.4 Å². The minimum atomic E-state index is -4.74. The molecule has 1 amide bonds. The van der Waals surface area contributed by atoms with Crippen molar-refractivity contribution < 1.29 is 31.3 Å². The van der Waals surface area contributed by atoms with Crippen molar-refractivity contribution >= 4 is 28.6 Å². The van der Waals surface area contributed by atoms with E-state index >= 15 is 0 Å². The highest BCUT2D eigenvalue weighted by Gasteiger charge is 2.38. The minimum Gasteiger partial charge on any atom is -0.612 e. The molecule has 1 aromatic carbocycles. The molecule has 1 saturated heterocycles. The summed E-state index contributed by atoms with van der Waals surface area (Å²) in [5.41, 5.74) is -1.50. The first-order valence-corrected chi connectivity index (χ1v) is 11.4. The Balaban J connectivity index is 2.03. The summed E-state index contributed by atoms with van der Waals surface area (Å²) < 4.78 is 79.8. The summed E-state index contributed by atoms with van der Waals surface area (Å²) in [5.74, 6) is -3.80. The van der Waals surface area contributed by atoms with Gasteiger partial charge in [-0.15, -0.1) is 0 Å². The summed E-state index contributed by atoms with van der Waals surface area (Å²) in [6.45, 7) is 1.15. The van der Waals surface area contributed by atoms with Gasteiger partial charge in [-0.25, -0.2) is 13.8 Å². The molecule has 0 bridgehead atoms. The monoisotopic (exact) mass is 475 g/mol. The lowest BCUT2D eigenvalue weighted by molar-refractivity contribution is -0.138. The van der Waals surface area contributed by atoms with E-state index in [4.69, 9.17) is 0 Å². The molecule has 1 fully saturated rings. The summed E-state index contributed by atoms with van der Waals surface area (Å²) in [5, 5.41) is 2.53. The van der Waals surface area contributed by atoms with Crippen molar-refractivity contribution in [3.63, 3.8) is 0 Å². The fourth-order valence-electron chi connectivity index (χ4n) is 3.61. The molecule has 0 radical (unpaired) electrons. The number of carbonyl (C=O) groups excluding carboxylic acids is 1. The Labute approximate surface area is 185 Å². The molecule has 1 atom stereocenters. The van der Waals surface area contributed by atoms with E-state index in [1.54, 1.807) is 12.1 Å². The van der Waals surface area contributed by atoms with Crippen LogP contribution < -0.4 is 10.2 Å². The molecule has 1 N–H and O–H groups in total. The Kier molecular flexibility index (Phi) is 6.99. The van der Waals surface area contributed by atoms with Gasteiger partial charge in [-0.05, 0) is 42.2 Å². The number of carbonyl (C=O) groups is 1. The lowest BCUT2D eigenvalue weighted by Crippen LogP contribution is -2.30. The van der Waals surface area contributed by atoms with Crippen LogP contribution in [0.4, 0.5) is 33.5 Å². The van der Waals surface area contributed by atoms with Crippen molar-refractivity contribution in [3.8, 4) is 0 Å². The Morgan fingerprint density at radius 1 is 1.25 bits per heavy atom. The number of halogens is 5. The van der Waals surface area contributed by atoms with Gasteiger partial charge in [-0.3, -0.25) is 4.79 Å². The second-order valence-electron chi connectivity index (χ2n) is 7.63. The summed E-state index contributed by atoms with van der Waals surface area (Å²) in [7, 11) is 0. The fraction of sp³-hybridized carbons (Fsp3) is 0.429. The Hall–Kier alpha value is -2.40. The van der Waals surface area contributed by atoms with Gasteiger partial charge in [0.1, 0.15) is 12.1 Å². The van der Waals surface area contributed by atoms with Crippen molar-refractivity contribution in [2.75, 3.05) is 29.6 Å². The standard InChI is InChI=1S/C21H22F5N3O2S/c1-13-16(21(24,25)26)12-27-18(29-9-4-7-20(22,23)8-10-29)17(13)19(30)28-14-5-3-6-15(11-14)32(2)31/h3,5-6,11-12H,4,7-10H2,1-2H3,(H,28,30). The van der Waals surface area contributed by atoms with Gasteiger partial charge in [0.25, 0.3) is 5.91 Å². The zero-order valence-corrected chi connectivity index (χ0v) is 18.2. The van der Waals surface area contributed by atoms with Gasteiger partial charge >= 0.3 is 6.18 Å². The summed E-state index contributed by atoms with van der Waals surface area (Å²) in [4.78, 5) is 18.8. The zero-order valence-electron chi connectivity index (χ0n) is 17.4. The van der Waals surface area contributed by atoms with Crippen LogP contribution >= 0.6 is 0 Å². The number of amides is 1. The molecule has 0 saturated carbocycles. The van der Waals surface area contributed by atoms with E-state index in [1.807, 2.05) is 0 Å². The Morgan fingerprint density at radius 3 is 2.62 bits per heavy atom. The van der Waals surface area contributed by atoms with E-state index in [0.29, 0.717) is 11.1 Å². The van der Waals surface area contributed by atoms with Crippen LogP contribution in [0.2, 0.25) is 0 Å². The Bertz CT molecular complexity index is 998. The number of alkyl halides is 5. The van der Waals surface area contributed by atoms with Crippen LogP contribution in [0.1, 0.15) is 40.7 Å². The summed E-state index contributed by atoms with van der Waals surface area (Å²) in [6.07, 6.45) is -3.37. The van der Waals surface area contributed by atoms with E-state index in [-0.39, 0.29) is 48.6 Å². The third-order valence-electron chi connectivity index (χ3n) is 5.29. The van der Waals surface area contributed by atoms with Crippen molar-refractivity contribution in [1.29, 1.82) is 0 Å². The molecule has 2 heterocycles. The molecule has 1 aromatic heterocycles. The minimum absolute atomic E-state index is 0.0686. The molecule has 1 aliphatic rings. The number of nitrogens with zero attached hydrogens (tertiary/aromatic N) is 2. The molecule has 174 valence electrons. The van der Waals surface area contributed by atoms with Crippen LogP contribution in [0, 0.1) is 6.92 Å². The highest BCUT2D eigenvalue weighted by Crippen LogP contribution is 2.37. The number of hydrogen-bond donors (Lipinski definition) is 1. The second-order valence-corrected chi connectivity index (χ2v) is 9.01. The van der Waals surface area contributed by atoms with E-state index < -0.39 is 41.2 Å². The number of hydrogen-bond acceptors (Lipinski definition) is 4. The normalized spacial score (nSPS) is 17.6.